The van der Waals surface area contributed by atoms with Gasteiger partial charge in [-0.25, -0.2) is 4.68 Å². The molecule has 1 fully saturated rings. The predicted molar refractivity (Wildman–Crippen MR) is 131 cm³/mol. The minimum atomic E-state index is -4.53. The summed E-state index contributed by atoms with van der Waals surface area (Å²) in [6.45, 7) is 1.23. The molecule has 0 bridgehead atoms. The first-order valence-electron chi connectivity index (χ1n) is 11.5. The van der Waals surface area contributed by atoms with E-state index in [4.69, 9.17) is 0 Å². The van der Waals surface area contributed by atoms with Gasteiger partial charge in [-0.05, 0) is 29.8 Å². The quantitative estimate of drug-likeness (QED) is 0.493. The van der Waals surface area contributed by atoms with Crippen molar-refractivity contribution in [3.8, 4) is 0 Å². The molecule has 0 aliphatic carbocycles. The van der Waals surface area contributed by atoms with Gasteiger partial charge >= 0.3 is 6.18 Å². The van der Waals surface area contributed by atoms with Gasteiger partial charge in [-0.3, -0.25) is 9.59 Å². The third-order valence-electron chi connectivity index (χ3n) is 6.62. The van der Waals surface area contributed by atoms with Crippen LogP contribution in [0, 0.1) is 0 Å². The number of rotatable bonds is 3. The Bertz CT molecular complexity index is 1250. The first-order chi connectivity index (χ1) is 17.2. The minimum Gasteiger partial charge on any atom is -0.363 e. The van der Waals surface area contributed by atoms with Gasteiger partial charge < -0.3 is 15.1 Å². The molecule has 36 heavy (non-hydrogen) atoms. The molecule has 3 heterocycles. The van der Waals surface area contributed by atoms with Crippen molar-refractivity contribution in [2.75, 3.05) is 31.5 Å². The van der Waals surface area contributed by atoms with Gasteiger partial charge in [0.15, 0.2) is 6.04 Å². The van der Waals surface area contributed by atoms with Crippen molar-refractivity contribution >= 4 is 33.6 Å². The number of carbonyl (C=O) groups excluding carboxylic acids is 2. The van der Waals surface area contributed by atoms with Crippen LogP contribution in [0.5, 0.6) is 0 Å². The Morgan fingerprint density at radius 1 is 0.917 bits per heavy atom. The highest BCUT2D eigenvalue weighted by molar-refractivity contribution is 9.10. The Morgan fingerprint density at radius 2 is 1.53 bits per heavy atom. The lowest BCUT2D eigenvalue weighted by Crippen LogP contribution is -2.50. The number of piperazine rings is 1. The van der Waals surface area contributed by atoms with Crippen LogP contribution in [0.2, 0.25) is 0 Å². The number of carbonyl (C=O) groups is 2. The fourth-order valence-corrected chi connectivity index (χ4v) is 4.94. The molecule has 2 atom stereocenters. The fourth-order valence-electron chi connectivity index (χ4n) is 4.68. The number of aromatic nitrogens is 2. The number of amides is 2. The van der Waals surface area contributed by atoms with Gasteiger partial charge in [0.1, 0.15) is 11.4 Å². The number of benzene rings is 2. The van der Waals surface area contributed by atoms with Gasteiger partial charge in [0.05, 0.1) is 12.2 Å². The Kier molecular flexibility index (Phi) is 6.50. The van der Waals surface area contributed by atoms with Crippen LogP contribution in [0.15, 0.2) is 65.3 Å². The van der Waals surface area contributed by atoms with Crippen LogP contribution in [-0.4, -0.2) is 63.7 Å². The van der Waals surface area contributed by atoms with Crippen molar-refractivity contribution in [3.63, 3.8) is 0 Å². The molecule has 2 unspecified atom stereocenters. The first-order valence-corrected chi connectivity index (χ1v) is 12.3. The Morgan fingerprint density at radius 3 is 2.14 bits per heavy atom. The molecule has 2 aromatic carbocycles. The molecule has 1 saturated heterocycles. The zero-order valence-electron chi connectivity index (χ0n) is 19.1. The third kappa shape index (κ3) is 4.71. The van der Waals surface area contributed by atoms with Crippen molar-refractivity contribution in [3.05, 3.63) is 82.0 Å². The monoisotopic (exact) mass is 561 g/mol. The van der Waals surface area contributed by atoms with Crippen LogP contribution in [0.1, 0.15) is 44.8 Å². The van der Waals surface area contributed by atoms with Crippen molar-refractivity contribution in [1.29, 1.82) is 0 Å². The summed E-state index contributed by atoms with van der Waals surface area (Å²) < 4.78 is 43.6. The summed E-state index contributed by atoms with van der Waals surface area (Å²) in [4.78, 5) is 29.3. The minimum absolute atomic E-state index is 0.0595. The average molecular weight is 562 g/mol. The van der Waals surface area contributed by atoms with Gasteiger partial charge in [-0.15, -0.1) is 0 Å². The maximum Gasteiger partial charge on any atom is 0.410 e. The zero-order valence-corrected chi connectivity index (χ0v) is 20.7. The van der Waals surface area contributed by atoms with E-state index in [1.807, 2.05) is 6.07 Å². The lowest BCUT2D eigenvalue weighted by molar-refractivity contribution is -0.173. The smallest absolute Gasteiger partial charge is 0.363 e. The standard InChI is InChI=1S/C25H23BrF3N5O2/c26-18-8-6-16(7-9-18)20-14-21(25(27,28)29)34-22(31-20)19(15-30-34)24(36)33-12-10-32(11-13-33)23(35)17-4-2-1-3-5-17/h1-9,15,20-21,31H,10-14H2. The van der Waals surface area contributed by atoms with Gasteiger partial charge in [0.25, 0.3) is 11.8 Å². The average Bonchev–Trinajstić information content (AvgIpc) is 3.31. The highest BCUT2D eigenvalue weighted by Crippen LogP contribution is 2.44. The van der Waals surface area contributed by atoms with E-state index < -0.39 is 24.2 Å². The van der Waals surface area contributed by atoms with E-state index in [9.17, 15) is 22.8 Å². The molecule has 0 saturated carbocycles. The number of nitrogens with zero attached hydrogens (tertiary/aromatic N) is 4. The second-order valence-electron chi connectivity index (χ2n) is 8.84. The van der Waals surface area contributed by atoms with Crippen LogP contribution in [0.3, 0.4) is 0 Å². The molecule has 188 valence electrons. The molecule has 0 spiro atoms. The van der Waals surface area contributed by atoms with E-state index in [1.54, 1.807) is 58.3 Å². The highest BCUT2D eigenvalue weighted by atomic mass is 79.9. The summed E-state index contributed by atoms with van der Waals surface area (Å²) in [7, 11) is 0. The number of nitrogens with one attached hydrogen (secondary N) is 1. The number of hydrogen-bond donors (Lipinski definition) is 1. The van der Waals surface area contributed by atoms with Gasteiger partial charge in [-0.1, -0.05) is 46.3 Å². The fraction of sp³-hybridized carbons (Fsp3) is 0.320. The summed E-state index contributed by atoms with van der Waals surface area (Å²) in [5, 5.41) is 7.09. The van der Waals surface area contributed by atoms with Crippen LogP contribution in [0.25, 0.3) is 0 Å². The SMILES string of the molecule is O=C(c1ccccc1)N1CCN(C(=O)c2cnn3c2NC(c2ccc(Br)cc2)CC3C(F)(F)F)CC1. The zero-order chi connectivity index (χ0) is 25.4. The molecule has 11 heteroatoms. The van der Waals surface area contributed by atoms with Crippen LogP contribution >= 0.6 is 15.9 Å². The van der Waals surface area contributed by atoms with Crippen LogP contribution < -0.4 is 5.32 Å². The normalized spacial score (nSPS) is 20.0. The summed E-state index contributed by atoms with van der Waals surface area (Å²) in [6.07, 6.45) is -3.57. The number of anilines is 1. The predicted octanol–water partition coefficient (Wildman–Crippen LogP) is 4.90. The van der Waals surface area contributed by atoms with E-state index in [1.165, 1.54) is 6.20 Å². The Labute approximate surface area is 214 Å². The molecular formula is C25H23BrF3N5O2. The molecular weight excluding hydrogens is 539 g/mol. The van der Waals surface area contributed by atoms with E-state index in [2.05, 4.69) is 26.3 Å². The van der Waals surface area contributed by atoms with Gasteiger partial charge in [0.2, 0.25) is 0 Å². The van der Waals surface area contributed by atoms with Crippen LogP contribution in [-0.2, 0) is 0 Å². The van der Waals surface area contributed by atoms with Gasteiger partial charge in [-0.2, -0.15) is 18.3 Å². The molecule has 1 N–H and O–H groups in total. The van der Waals surface area contributed by atoms with Gasteiger partial charge in [0, 0.05) is 42.6 Å². The molecule has 5 rings (SSSR count). The maximum atomic E-state index is 14.0. The number of fused-ring (bicyclic) bond motifs is 1. The third-order valence-corrected chi connectivity index (χ3v) is 7.14. The van der Waals surface area contributed by atoms with E-state index >= 15 is 0 Å². The summed E-state index contributed by atoms with van der Waals surface area (Å²) >= 11 is 3.34. The summed E-state index contributed by atoms with van der Waals surface area (Å²) in [6, 6.07) is 13.5. The highest BCUT2D eigenvalue weighted by Gasteiger charge is 2.47. The molecule has 0 radical (unpaired) electrons. The molecule has 1 aromatic heterocycles. The molecule has 2 aliphatic heterocycles. The molecule has 2 amide bonds. The summed E-state index contributed by atoms with van der Waals surface area (Å²) in [5.74, 6) is -0.463. The maximum absolute atomic E-state index is 14.0. The first kappa shape index (κ1) is 24.4. The molecule has 2 aliphatic rings. The summed E-state index contributed by atoms with van der Waals surface area (Å²) in [5.41, 5.74) is 1.35. The van der Waals surface area contributed by atoms with E-state index in [0.29, 0.717) is 24.2 Å². The van der Waals surface area contributed by atoms with E-state index in [0.717, 1.165) is 9.15 Å². The Balaban J connectivity index is 1.35. The largest absolute Gasteiger partial charge is 0.410 e. The van der Waals surface area contributed by atoms with Crippen molar-refractivity contribution < 1.29 is 22.8 Å². The van der Waals surface area contributed by atoms with Crippen molar-refractivity contribution in [2.24, 2.45) is 0 Å². The Hall–Kier alpha value is -3.34. The lowest BCUT2D eigenvalue weighted by atomic mass is 9.96. The van der Waals surface area contributed by atoms with Crippen molar-refractivity contribution in [2.45, 2.75) is 24.7 Å². The number of halogens is 4. The second-order valence-corrected chi connectivity index (χ2v) is 9.76. The number of hydrogen-bond acceptors (Lipinski definition) is 4. The second kappa shape index (κ2) is 9.61. The van der Waals surface area contributed by atoms with Crippen LogP contribution in [0.4, 0.5) is 19.0 Å². The molecule has 7 nitrogen and oxygen atoms in total. The molecule has 3 aromatic rings. The topological polar surface area (TPSA) is 70.5 Å². The number of alkyl halides is 3. The lowest BCUT2D eigenvalue weighted by Gasteiger charge is -2.36. The van der Waals surface area contributed by atoms with Crippen molar-refractivity contribution in [1.82, 2.24) is 19.6 Å². The van der Waals surface area contributed by atoms with E-state index in [-0.39, 0.29) is 36.8 Å².